The number of carbonyl (C=O) groups is 1. The minimum absolute atomic E-state index is 0.248. The van der Waals surface area contributed by atoms with Crippen LogP contribution in [0.1, 0.15) is 16.2 Å². The second-order valence-corrected chi connectivity index (χ2v) is 2.07. The summed E-state index contributed by atoms with van der Waals surface area (Å²) >= 11 is 0. The molecule has 0 atom stereocenters. The zero-order chi connectivity index (χ0) is 7.84. The van der Waals surface area contributed by atoms with Crippen molar-refractivity contribution < 1.29 is 9.53 Å². The third kappa shape index (κ3) is 0.724. The van der Waals surface area contributed by atoms with Crippen molar-refractivity contribution in [3.8, 4) is 0 Å². The van der Waals surface area contributed by atoms with E-state index >= 15 is 0 Å². The normalized spacial score (nSPS) is 14.5. The third-order valence-corrected chi connectivity index (χ3v) is 1.37. The maximum absolute atomic E-state index is 10.9. The summed E-state index contributed by atoms with van der Waals surface area (Å²) in [6.45, 7) is 3.50. The maximum Gasteiger partial charge on any atom is 0.364 e. The highest BCUT2D eigenvalue weighted by molar-refractivity contribution is 5.99. The van der Waals surface area contributed by atoms with Crippen molar-refractivity contribution in [3.63, 3.8) is 0 Å². The second kappa shape index (κ2) is 1.88. The van der Waals surface area contributed by atoms with Crippen LogP contribution in [0.2, 0.25) is 0 Å². The van der Waals surface area contributed by atoms with Crippen LogP contribution < -0.4 is 0 Å². The first-order chi connectivity index (χ1) is 5.29. The van der Waals surface area contributed by atoms with Gasteiger partial charge < -0.3 is 4.74 Å². The first-order valence-electron chi connectivity index (χ1n) is 3.01. The van der Waals surface area contributed by atoms with Crippen LogP contribution in [0, 0.1) is 0 Å². The number of fused-ring (bicyclic) bond motifs is 1. The third-order valence-electron chi connectivity index (χ3n) is 1.37. The first-order valence-corrected chi connectivity index (χ1v) is 3.01. The van der Waals surface area contributed by atoms with E-state index in [0.29, 0.717) is 5.69 Å². The summed E-state index contributed by atoms with van der Waals surface area (Å²) in [5, 5.41) is 0. The summed E-state index contributed by atoms with van der Waals surface area (Å²) in [7, 11) is 0. The van der Waals surface area contributed by atoms with Crippen LogP contribution >= 0.6 is 0 Å². The van der Waals surface area contributed by atoms with E-state index in [-0.39, 0.29) is 11.5 Å². The molecule has 11 heavy (non-hydrogen) atoms. The number of ether oxygens (including phenoxy) is 1. The molecule has 1 aromatic heterocycles. The molecular formula is C7H4N2O2. The van der Waals surface area contributed by atoms with Crippen molar-refractivity contribution in [2.75, 3.05) is 0 Å². The van der Waals surface area contributed by atoms with E-state index in [1.807, 2.05) is 0 Å². The molecule has 1 aromatic rings. The SMILES string of the molecule is C=C1OC(=O)c2nccnc21. The second-order valence-electron chi connectivity index (χ2n) is 2.07. The van der Waals surface area contributed by atoms with Gasteiger partial charge in [-0.1, -0.05) is 6.58 Å². The molecule has 0 saturated carbocycles. The molecule has 0 N–H and O–H groups in total. The highest BCUT2D eigenvalue weighted by Crippen LogP contribution is 2.23. The highest BCUT2D eigenvalue weighted by Gasteiger charge is 2.27. The molecule has 4 heteroatoms. The molecule has 2 rings (SSSR count). The fourth-order valence-electron chi connectivity index (χ4n) is 0.900. The van der Waals surface area contributed by atoms with Crippen molar-refractivity contribution in [1.29, 1.82) is 0 Å². The van der Waals surface area contributed by atoms with E-state index in [4.69, 9.17) is 0 Å². The van der Waals surface area contributed by atoms with Gasteiger partial charge in [0.15, 0.2) is 11.5 Å². The van der Waals surface area contributed by atoms with Crippen molar-refractivity contribution >= 4 is 11.7 Å². The van der Waals surface area contributed by atoms with Crippen LogP contribution in [0.5, 0.6) is 0 Å². The summed E-state index contributed by atoms with van der Waals surface area (Å²) < 4.78 is 4.67. The van der Waals surface area contributed by atoms with Crippen LogP contribution in [-0.4, -0.2) is 15.9 Å². The molecule has 0 bridgehead atoms. The average Bonchev–Trinajstić information content (AvgIpc) is 2.30. The van der Waals surface area contributed by atoms with E-state index in [1.165, 1.54) is 12.4 Å². The fraction of sp³-hybridized carbons (Fsp3) is 0. The number of carbonyl (C=O) groups excluding carboxylic acids is 1. The number of hydrogen-bond donors (Lipinski definition) is 0. The van der Waals surface area contributed by atoms with Gasteiger partial charge in [0.05, 0.1) is 0 Å². The van der Waals surface area contributed by atoms with Gasteiger partial charge in [0.1, 0.15) is 5.69 Å². The van der Waals surface area contributed by atoms with Crippen molar-refractivity contribution in [1.82, 2.24) is 9.97 Å². The Morgan fingerprint density at radius 2 is 1.91 bits per heavy atom. The maximum atomic E-state index is 10.9. The lowest BCUT2D eigenvalue weighted by molar-refractivity contribution is 0.0711. The Labute approximate surface area is 62.5 Å². The molecule has 0 unspecified atom stereocenters. The molecule has 0 amide bonds. The molecule has 4 nitrogen and oxygen atoms in total. The number of nitrogens with zero attached hydrogens (tertiary/aromatic N) is 2. The van der Waals surface area contributed by atoms with Gasteiger partial charge in [0.25, 0.3) is 0 Å². The quantitative estimate of drug-likeness (QED) is 0.506. The van der Waals surface area contributed by atoms with E-state index in [0.717, 1.165) is 0 Å². The zero-order valence-corrected chi connectivity index (χ0v) is 5.57. The summed E-state index contributed by atoms with van der Waals surface area (Å²) in [5.41, 5.74) is 0.690. The van der Waals surface area contributed by atoms with Gasteiger partial charge in [-0.05, 0) is 0 Å². The molecule has 0 fully saturated rings. The minimum Gasteiger partial charge on any atom is -0.420 e. The predicted octanol–water partition coefficient (Wildman–Crippen LogP) is 0.618. The van der Waals surface area contributed by atoms with Gasteiger partial charge in [-0.3, -0.25) is 0 Å². The van der Waals surface area contributed by atoms with Gasteiger partial charge in [-0.2, -0.15) is 0 Å². The van der Waals surface area contributed by atoms with Gasteiger partial charge in [0.2, 0.25) is 0 Å². The standard InChI is InChI=1S/C7H4N2O2/c1-4-5-6(7(10)11-4)9-3-2-8-5/h2-3H,1H2. The summed E-state index contributed by atoms with van der Waals surface area (Å²) in [6.07, 6.45) is 2.94. The summed E-state index contributed by atoms with van der Waals surface area (Å²) in [5.74, 6) is -0.198. The van der Waals surface area contributed by atoms with Crippen LogP contribution in [0.3, 0.4) is 0 Å². The van der Waals surface area contributed by atoms with E-state index in [1.54, 1.807) is 0 Å². The van der Waals surface area contributed by atoms with Gasteiger partial charge in [-0.15, -0.1) is 0 Å². The molecule has 0 spiro atoms. The number of rotatable bonds is 0. The first kappa shape index (κ1) is 6.03. The minimum atomic E-state index is -0.474. The van der Waals surface area contributed by atoms with Crippen LogP contribution in [0.25, 0.3) is 5.76 Å². The molecule has 0 saturated heterocycles. The van der Waals surface area contributed by atoms with E-state index in [2.05, 4.69) is 21.3 Å². The average molecular weight is 148 g/mol. The van der Waals surface area contributed by atoms with Crippen LogP contribution in [0.15, 0.2) is 19.0 Å². The lowest BCUT2D eigenvalue weighted by Crippen LogP contribution is -1.97. The molecular weight excluding hydrogens is 144 g/mol. The van der Waals surface area contributed by atoms with Gasteiger partial charge in [-0.25, -0.2) is 14.8 Å². The Morgan fingerprint density at radius 1 is 1.27 bits per heavy atom. The number of cyclic esters (lactones) is 1. The molecule has 2 heterocycles. The zero-order valence-electron chi connectivity index (χ0n) is 5.57. The number of aromatic nitrogens is 2. The lowest BCUT2D eigenvalue weighted by Gasteiger charge is -1.89. The monoisotopic (exact) mass is 148 g/mol. The van der Waals surface area contributed by atoms with Crippen molar-refractivity contribution in [2.24, 2.45) is 0 Å². The largest absolute Gasteiger partial charge is 0.420 e. The molecule has 1 aliphatic heterocycles. The lowest BCUT2D eigenvalue weighted by atomic mass is 10.3. The summed E-state index contributed by atoms with van der Waals surface area (Å²) in [6, 6.07) is 0. The Hall–Kier alpha value is -1.71. The molecule has 0 aromatic carbocycles. The van der Waals surface area contributed by atoms with Crippen LogP contribution in [-0.2, 0) is 4.74 Å². The molecule has 0 aliphatic carbocycles. The highest BCUT2D eigenvalue weighted by atomic mass is 16.5. The number of esters is 1. The van der Waals surface area contributed by atoms with E-state index < -0.39 is 5.97 Å². The molecule has 54 valence electrons. The van der Waals surface area contributed by atoms with Crippen molar-refractivity contribution in [2.45, 2.75) is 0 Å². The Morgan fingerprint density at radius 3 is 2.55 bits per heavy atom. The number of hydrogen-bond acceptors (Lipinski definition) is 4. The van der Waals surface area contributed by atoms with Crippen LogP contribution in [0.4, 0.5) is 0 Å². The molecule has 1 aliphatic rings. The summed E-state index contributed by atoms with van der Waals surface area (Å²) in [4.78, 5) is 18.6. The van der Waals surface area contributed by atoms with Gasteiger partial charge in [0, 0.05) is 12.4 Å². The topological polar surface area (TPSA) is 52.1 Å². The Kier molecular flexibility index (Phi) is 1.03. The molecule has 0 radical (unpaired) electrons. The Bertz CT molecular complexity index is 313. The Balaban J connectivity index is 2.69. The van der Waals surface area contributed by atoms with Gasteiger partial charge >= 0.3 is 5.97 Å². The predicted molar refractivity (Wildman–Crippen MR) is 36.5 cm³/mol. The fourth-order valence-corrected chi connectivity index (χ4v) is 0.900. The van der Waals surface area contributed by atoms with E-state index in [9.17, 15) is 4.79 Å². The smallest absolute Gasteiger partial charge is 0.364 e. The van der Waals surface area contributed by atoms with Crippen molar-refractivity contribution in [3.05, 3.63) is 30.4 Å².